The molecular weight excluding hydrogens is 336 g/mol. The number of nitrogens with zero attached hydrogens (tertiary/aromatic N) is 1. The molecule has 0 spiro atoms. The van der Waals surface area contributed by atoms with Crippen molar-refractivity contribution in [1.29, 1.82) is 0 Å². The van der Waals surface area contributed by atoms with Gasteiger partial charge < -0.3 is 10.1 Å². The van der Waals surface area contributed by atoms with Crippen LogP contribution in [-0.2, 0) is 4.79 Å². The SMILES string of the molecule is COc1c(Cl)cc(/C=C2/NC(=O)N(C)C2=O)cc1Br. The Morgan fingerprint density at radius 1 is 1.42 bits per heavy atom. The number of urea groups is 1. The fourth-order valence-electron chi connectivity index (χ4n) is 1.65. The third kappa shape index (κ3) is 2.59. The maximum Gasteiger partial charge on any atom is 0.328 e. The van der Waals surface area contributed by atoms with Gasteiger partial charge in [0.25, 0.3) is 5.91 Å². The maximum atomic E-state index is 11.7. The summed E-state index contributed by atoms with van der Waals surface area (Å²) in [5, 5.41) is 2.89. The second-order valence-electron chi connectivity index (χ2n) is 3.87. The minimum absolute atomic E-state index is 0.209. The molecule has 1 saturated heterocycles. The number of likely N-dealkylation sites (N-methyl/N-ethyl adjacent to an activating group) is 1. The lowest BCUT2D eigenvalue weighted by Gasteiger charge is -2.07. The molecule has 0 unspecified atom stereocenters. The molecule has 0 aliphatic carbocycles. The van der Waals surface area contributed by atoms with Crippen molar-refractivity contribution >= 4 is 45.5 Å². The number of nitrogens with one attached hydrogen (secondary N) is 1. The largest absolute Gasteiger partial charge is 0.494 e. The summed E-state index contributed by atoms with van der Waals surface area (Å²) in [6.45, 7) is 0. The summed E-state index contributed by atoms with van der Waals surface area (Å²) in [6.07, 6.45) is 1.56. The van der Waals surface area contributed by atoms with Crippen LogP contribution in [0.3, 0.4) is 0 Å². The fraction of sp³-hybridized carbons (Fsp3) is 0.167. The molecule has 0 aromatic heterocycles. The van der Waals surface area contributed by atoms with Crippen molar-refractivity contribution in [3.63, 3.8) is 0 Å². The number of carbonyl (C=O) groups excluding carboxylic acids is 2. The van der Waals surface area contributed by atoms with Crippen LogP contribution < -0.4 is 10.1 Å². The summed E-state index contributed by atoms with van der Waals surface area (Å²) in [5.41, 5.74) is 0.886. The minimum atomic E-state index is -0.449. The van der Waals surface area contributed by atoms with Gasteiger partial charge in [-0.25, -0.2) is 4.79 Å². The molecular formula is C12H10BrClN2O3. The second kappa shape index (κ2) is 5.22. The third-order valence-electron chi connectivity index (χ3n) is 2.62. The molecule has 0 bridgehead atoms. The van der Waals surface area contributed by atoms with Gasteiger partial charge in [-0.15, -0.1) is 0 Å². The highest BCUT2D eigenvalue weighted by atomic mass is 79.9. The van der Waals surface area contributed by atoms with Gasteiger partial charge in [-0.2, -0.15) is 0 Å². The van der Waals surface area contributed by atoms with E-state index in [1.54, 1.807) is 18.2 Å². The molecule has 1 fully saturated rings. The lowest BCUT2D eigenvalue weighted by atomic mass is 10.2. The van der Waals surface area contributed by atoms with E-state index in [0.29, 0.717) is 20.8 Å². The number of hydrogen-bond acceptors (Lipinski definition) is 3. The number of halogens is 2. The van der Waals surface area contributed by atoms with E-state index in [2.05, 4.69) is 21.2 Å². The van der Waals surface area contributed by atoms with Crippen molar-refractivity contribution in [3.8, 4) is 5.75 Å². The van der Waals surface area contributed by atoms with Gasteiger partial charge in [0.15, 0.2) is 5.75 Å². The fourth-order valence-corrected chi connectivity index (χ4v) is 2.71. The summed E-state index contributed by atoms with van der Waals surface area (Å²) < 4.78 is 5.78. The van der Waals surface area contributed by atoms with Crippen LogP contribution in [0, 0.1) is 0 Å². The van der Waals surface area contributed by atoms with Gasteiger partial charge in [0.05, 0.1) is 16.6 Å². The molecule has 1 N–H and O–H groups in total. The molecule has 19 heavy (non-hydrogen) atoms. The van der Waals surface area contributed by atoms with Crippen LogP contribution in [0.1, 0.15) is 5.56 Å². The topological polar surface area (TPSA) is 58.6 Å². The first kappa shape index (κ1) is 13.9. The van der Waals surface area contributed by atoms with E-state index >= 15 is 0 Å². The Kier molecular flexibility index (Phi) is 3.82. The Bertz CT molecular complexity index is 578. The van der Waals surface area contributed by atoms with Crippen LogP contribution >= 0.6 is 27.5 Å². The molecule has 1 aromatic carbocycles. The van der Waals surface area contributed by atoms with E-state index < -0.39 is 6.03 Å². The zero-order valence-corrected chi connectivity index (χ0v) is 12.5. The van der Waals surface area contributed by atoms with E-state index in [1.165, 1.54) is 14.2 Å². The van der Waals surface area contributed by atoms with Crippen molar-refractivity contribution in [1.82, 2.24) is 10.2 Å². The van der Waals surface area contributed by atoms with Gasteiger partial charge in [-0.3, -0.25) is 9.69 Å². The summed E-state index contributed by atoms with van der Waals surface area (Å²) in [6, 6.07) is 2.95. The molecule has 5 nitrogen and oxygen atoms in total. The standard InChI is InChI=1S/C12H10BrClN2O3/c1-16-11(17)9(15-12(16)18)5-6-3-7(13)10(19-2)8(14)4-6/h3-5H,1-2H3,(H,15,18)/b9-5+. The van der Waals surface area contributed by atoms with Crippen LogP contribution in [0.5, 0.6) is 5.75 Å². The molecule has 0 saturated carbocycles. The molecule has 1 aliphatic rings. The van der Waals surface area contributed by atoms with Crippen molar-refractivity contribution < 1.29 is 14.3 Å². The molecule has 7 heteroatoms. The predicted octanol–water partition coefficient (Wildman–Crippen LogP) is 2.63. The van der Waals surface area contributed by atoms with Gasteiger partial charge in [0, 0.05) is 7.05 Å². The monoisotopic (exact) mass is 344 g/mol. The number of hydrogen-bond donors (Lipinski definition) is 1. The van der Waals surface area contributed by atoms with Gasteiger partial charge in [-0.1, -0.05) is 11.6 Å². The lowest BCUT2D eigenvalue weighted by molar-refractivity contribution is -0.121. The van der Waals surface area contributed by atoms with E-state index in [0.717, 1.165) is 4.90 Å². The van der Waals surface area contributed by atoms with E-state index in [1.807, 2.05) is 0 Å². The van der Waals surface area contributed by atoms with Crippen LogP contribution in [0.25, 0.3) is 6.08 Å². The number of imide groups is 1. The van der Waals surface area contributed by atoms with Crippen LogP contribution in [0.15, 0.2) is 22.3 Å². The molecule has 2 rings (SSSR count). The number of rotatable bonds is 2. The van der Waals surface area contributed by atoms with Crippen LogP contribution in [0.2, 0.25) is 5.02 Å². The van der Waals surface area contributed by atoms with Crippen molar-refractivity contribution in [2.75, 3.05) is 14.2 Å². The summed E-state index contributed by atoms with van der Waals surface area (Å²) in [5.74, 6) is 0.135. The molecule has 1 heterocycles. The number of carbonyl (C=O) groups is 2. The maximum absolute atomic E-state index is 11.7. The number of methoxy groups -OCH3 is 1. The van der Waals surface area contributed by atoms with Crippen LogP contribution in [0.4, 0.5) is 4.79 Å². The van der Waals surface area contributed by atoms with Gasteiger partial charge in [0.2, 0.25) is 0 Å². The lowest BCUT2D eigenvalue weighted by Crippen LogP contribution is -2.25. The zero-order chi connectivity index (χ0) is 14.2. The zero-order valence-electron chi connectivity index (χ0n) is 10.2. The predicted molar refractivity (Wildman–Crippen MR) is 75.0 cm³/mol. The average Bonchev–Trinajstić information content (AvgIpc) is 2.57. The van der Waals surface area contributed by atoms with Crippen molar-refractivity contribution in [3.05, 3.63) is 32.9 Å². The highest BCUT2D eigenvalue weighted by Gasteiger charge is 2.30. The Labute approximate surface area is 123 Å². The quantitative estimate of drug-likeness (QED) is 0.662. The Balaban J connectivity index is 2.40. The van der Waals surface area contributed by atoms with Gasteiger partial charge in [-0.05, 0) is 39.7 Å². The van der Waals surface area contributed by atoms with E-state index in [9.17, 15) is 9.59 Å². The summed E-state index contributed by atoms with van der Waals surface area (Å²) in [7, 11) is 2.93. The van der Waals surface area contributed by atoms with Crippen LogP contribution in [-0.4, -0.2) is 31.0 Å². The smallest absolute Gasteiger partial charge is 0.328 e. The molecule has 1 aliphatic heterocycles. The highest BCUT2D eigenvalue weighted by Crippen LogP contribution is 2.34. The van der Waals surface area contributed by atoms with Gasteiger partial charge >= 0.3 is 6.03 Å². The Morgan fingerprint density at radius 3 is 2.58 bits per heavy atom. The first-order valence-corrected chi connectivity index (χ1v) is 6.45. The highest BCUT2D eigenvalue weighted by molar-refractivity contribution is 9.10. The molecule has 0 radical (unpaired) electrons. The third-order valence-corrected chi connectivity index (χ3v) is 3.49. The molecule has 0 atom stereocenters. The molecule has 1 aromatic rings. The first-order valence-electron chi connectivity index (χ1n) is 5.28. The van der Waals surface area contributed by atoms with E-state index in [4.69, 9.17) is 16.3 Å². The van der Waals surface area contributed by atoms with E-state index in [-0.39, 0.29) is 11.6 Å². The normalized spacial score (nSPS) is 17.1. The number of ether oxygens (including phenoxy) is 1. The Morgan fingerprint density at radius 2 is 2.11 bits per heavy atom. The minimum Gasteiger partial charge on any atom is -0.494 e. The second-order valence-corrected chi connectivity index (χ2v) is 5.13. The van der Waals surface area contributed by atoms with Gasteiger partial charge in [0.1, 0.15) is 5.70 Å². The average molecular weight is 346 g/mol. The van der Waals surface area contributed by atoms with Crippen molar-refractivity contribution in [2.45, 2.75) is 0 Å². The number of amides is 3. The number of benzene rings is 1. The summed E-state index contributed by atoms with van der Waals surface area (Å²) >= 11 is 9.37. The molecule has 100 valence electrons. The molecule has 3 amide bonds. The van der Waals surface area contributed by atoms with Crippen molar-refractivity contribution in [2.24, 2.45) is 0 Å². The Hall–Kier alpha value is -1.53. The first-order chi connectivity index (χ1) is 8.93. The summed E-state index contributed by atoms with van der Waals surface area (Å²) in [4.78, 5) is 24.0.